The zero-order chi connectivity index (χ0) is 20.5. The number of benzene rings is 2. The van der Waals surface area contributed by atoms with Crippen LogP contribution in [0.5, 0.6) is 11.5 Å². The van der Waals surface area contributed by atoms with Gasteiger partial charge in [-0.15, -0.1) is 0 Å². The van der Waals surface area contributed by atoms with E-state index >= 15 is 0 Å². The highest BCUT2D eigenvalue weighted by atomic mass is 35.5. The van der Waals surface area contributed by atoms with Crippen molar-refractivity contribution < 1.29 is 14.2 Å². The van der Waals surface area contributed by atoms with E-state index in [0.29, 0.717) is 28.2 Å². The fourth-order valence-electron chi connectivity index (χ4n) is 3.22. The Hall–Kier alpha value is -1.50. The van der Waals surface area contributed by atoms with E-state index in [1.807, 2.05) is 18.2 Å². The normalized spacial score (nSPS) is 14.7. The summed E-state index contributed by atoms with van der Waals surface area (Å²) in [6.07, 6.45) is 1.13. The zero-order valence-corrected chi connectivity index (χ0v) is 18.3. The molecule has 0 bridgehead atoms. The third kappa shape index (κ3) is 7.05. The first-order valence-corrected chi connectivity index (χ1v) is 10.7. The molecule has 1 aliphatic heterocycles. The van der Waals surface area contributed by atoms with Crippen molar-refractivity contribution in [3.05, 3.63) is 57.6 Å². The Labute approximate surface area is 182 Å². The maximum atomic E-state index is 6.21. The molecule has 0 unspecified atom stereocenters. The number of morpholine rings is 1. The van der Waals surface area contributed by atoms with E-state index in [1.165, 1.54) is 0 Å². The first kappa shape index (κ1) is 22.2. The Balaban J connectivity index is 1.45. The molecule has 158 valence electrons. The van der Waals surface area contributed by atoms with Gasteiger partial charge in [0, 0.05) is 35.2 Å². The van der Waals surface area contributed by atoms with Gasteiger partial charge in [0.25, 0.3) is 0 Å². The maximum absolute atomic E-state index is 6.21. The summed E-state index contributed by atoms with van der Waals surface area (Å²) in [7, 11) is 1.65. The lowest BCUT2D eigenvalue weighted by Crippen LogP contribution is -2.37. The number of hydrogen-bond acceptors (Lipinski definition) is 5. The van der Waals surface area contributed by atoms with Crippen molar-refractivity contribution in [3.63, 3.8) is 0 Å². The van der Waals surface area contributed by atoms with Crippen LogP contribution in [0.3, 0.4) is 0 Å². The average Bonchev–Trinajstić information content (AvgIpc) is 2.74. The Morgan fingerprint density at radius 1 is 1.07 bits per heavy atom. The molecule has 0 saturated carbocycles. The van der Waals surface area contributed by atoms with Crippen molar-refractivity contribution in [2.75, 3.05) is 46.5 Å². The fraction of sp³-hybridized carbons (Fsp3) is 0.455. The molecule has 2 aromatic carbocycles. The summed E-state index contributed by atoms with van der Waals surface area (Å²) >= 11 is 12.2. The fourth-order valence-corrected chi connectivity index (χ4v) is 3.68. The Morgan fingerprint density at radius 2 is 1.90 bits per heavy atom. The molecule has 2 aromatic rings. The molecule has 1 aliphatic rings. The van der Waals surface area contributed by atoms with Crippen LogP contribution in [0, 0.1) is 0 Å². The van der Waals surface area contributed by atoms with Crippen molar-refractivity contribution >= 4 is 23.2 Å². The van der Waals surface area contributed by atoms with Gasteiger partial charge >= 0.3 is 0 Å². The van der Waals surface area contributed by atoms with Crippen LogP contribution in [0.1, 0.15) is 17.5 Å². The van der Waals surface area contributed by atoms with Crippen LogP contribution in [0.2, 0.25) is 10.0 Å². The van der Waals surface area contributed by atoms with Gasteiger partial charge < -0.3 is 19.5 Å². The standard InChI is InChI=1S/C22H28Cl2N2O3/c1-27-22-13-17(15-25-7-2-8-26-9-11-28-12-10-26)3-6-21(22)29-16-18-4-5-19(23)14-20(18)24/h3-6,13-14,25H,2,7-12,15-16H2,1H3. The summed E-state index contributed by atoms with van der Waals surface area (Å²) in [6, 6.07) is 11.4. The van der Waals surface area contributed by atoms with Crippen LogP contribution in [0.15, 0.2) is 36.4 Å². The van der Waals surface area contributed by atoms with Gasteiger partial charge in [0.2, 0.25) is 0 Å². The summed E-state index contributed by atoms with van der Waals surface area (Å²) < 4.78 is 16.8. The molecule has 1 saturated heterocycles. The van der Waals surface area contributed by atoms with Gasteiger partial charge in [-0.1, -0.05) is 35.3 Å². The van der Waals surface area contributed by atoms with E-state index in [4.69, 9.17) is 37.4 Å². The number of rotatable bonds is 10. The number of methoxy groups -OCH3 is 1. The van der Waals surface area contributed by atoms with E-state index in [2.05, 4.69) is 16.3 Å². The summed E-state index contributed by atoms with van der Waals surface area (Å²) in [4.78, 5) is 2.45. The molecule has 29 heavy (non-hydrogen) atoms. The van der Waals surface area contributed by atoms with Gasteiger partial charge in [-0.3, -0.25) is 4.90 Å². The van der Waals surface area contributed by atoms with Crippen LogP contribution in [0.4, 0.5) is 0 Å². The Kier molecular flexibility index (Phi) is 8.90. The minimum absolute atomic E-state index is 0.353. The van der Waals surface area contributed by atoms with E-state index in [9.17, 15) is 0 Å². The number of nitrogens with one attached hydrogen (secondary N) is 1. The van der Waals surface area contributed by atoms with Gasteiger partial charge in [0.05, 0.1) is 20.3 Å². The van der Waals surface area contributed by atoms with Crippen LogP contribution in [-0.2, 0) is 17.9 Å². The van der Waals surface area contributed by atoms with E-state index in [-0.39, 0.29) is 0 Å². The van der Waals surface area contributed by atoms with Crippen LogP contribution in [0.25, 0.3) is 0 Å². The lowest BCUT2D eigenvalue weighted by Gasteiger charge is -2.26. The van der Waals surface area contributed by atoms with Crippen molar-refractivity contribution in [1.82, 2.24) is 10.2 Å². The minimum Gasteiger partial charge on any atom is -0.493 e. The molecule has 3 rings (SSSR count). The molecule has 0 spiro atoms. The van der Waals surface area contributed by atoms with Crippen molar-refractivity contribution in [2.24, 2.45) is 0 Å². The number of ether oxygens (including phenoxy) is 3. The second kappa shape index (κ2) is 11.6. The number of halogens is 2. The summed E-state index contributed by atoms with van der Waals surface area (Å²) in [6.45, 7) is 7.03. The lowest BCUT2D eigenvalue weighted by molar-refractivity contribution is 0.0374. The molecule has 5 nitrogen and oxygen atoms in total. The highest BCUT2D eigenvalue weighted by Gasteiger charge is 2.10. The second-order valence-electron chi connectivity index (χ2n) is 6.99. The van der Waals surface area contributed by atoms with Crippen LogP contribution >= 0.6 is 23.2 Å². The van der Waals surface area contributed by atoms with Gasteiger partial charge in [-0.2, -0.15) is 0 Å². The number of hydrogen-bond donors (Lipinski definition) is 1. The van der Waals surface area contributed by atoms with Crippen molar-refractivity contribution in [3.8, 4) is 11.5 Å². The first-order chi connectivity index (χ1) is 14.2. The molecule has 0 amide bonds. The molecule has 0 atom stereocenters. The maximum Gasteiger partial charge on any atom is 0.161 e. The molecule has 1 heterocycles. The molecular formula is C22H28Cl2N2O3. The molecular weight excluding hydrogens is 411 g/mol. The molecule has 1 fully saturated rings. The Bertz CT molecular complexity index is 783. The zero-order valence-electron chi connectivity index (χ0n) is 16.8. The van der Waals surface area contributed by atoms with Gasteiger partial charge in [-0.05, 0) is 49.3 Å². The molecule has 7 heteroatoms. The van der Waals surface area contributed by atoms with E-state index in [1.54, 1.807) is 19.2 Å². The summed E-state index contributed by atoms with van der Waals surface area (Å²) in [5.41, 5.74) is 2.04. The number of nitrogens with zero attached hydrogens (tertiary/aromatic N) is 1. The molecule has 0 aromatic heterocycles. The van der Waals surface area contributed by atoms with E-state index < -0.39 is 0 Å². The third-order valence-corrected chi connectivity index (χ3v) is 5.47. The minimum atomic E-state index is 0.353. The molecule has 0 radical (unpaired) electrons. The highest BCUT2D eigenvalue weighted by Crippen LogP contribution is 2.30. The molecule has 1 N–H and O–H groups in total. The predicted molar refractivity (Wildman–Crippen MR) is 117 cm³/mol. The van der Waals surface area contributed by atoms with Gasteiger partial charge in [0.1, 0.15) is 6.61 Å². The molecule has 0 aliphatic carbocycles. The largest absolute Gasteiger partial charge is 0.493 e. The smallest absolute Gasteiger partial charge is 0.161 e. The van der Waals surface area contributed by atoms with Gasteiger partial charge in [0.15, 0.2) is 11.5 Å². The first-order valence-electron chi connectivity index (χ1n) is 9.90. The van der Waals surface area contributed by atoms with E-state index in [0.717, 1.165) is 63.5 Å². The lowest BCUT2D eigenvalue weighted by atomic mass is 10.2. The van der Waals surface area contributed by atoms with Crippen molar-refractivity contribution in [1.29, 1.82) is 0 Å². The topological polar surface area (TPSA) is 43.0 Å². The van der Waals surface area contributed by atoms with Gasteiger partial charge in [-0.25, -0.2) is 0 Å². The average molecular weight is 439 g/mol. The second-order valence-corrected chi connectivity index (χ2v) is 7.84. The summed E-state index contributed by atoms with van der Waals surface area (Å²) in [5.74, 6) is 1.40. The van der Waals surface area contributed by atoms with Crippen LogP contribution < -0.4 is 14.8 Å². The van der Waals surface area contributed by atoms with Crippen molar-refractivity contribution in [2.45, 2.75) is 19.6 Å². The summed E-state index contributed by atoms with van der Waals surface area (Å²) in [5, 5.41) is 4.70. The van der Waals surface area contributed by atoms with Crippen LogP contribution in [-0.4, -0.2) is 51.4 Å². The SMILES string of the molecule is COc1cc(CNCCCN2CCOCC2)ccc1OCc1ccc(Cl)cc1Cl. The quantitative estimate of drug-likeness (QED) is 0.557. The third-order valence-electron chi connectivity index (χ3n) is 4.89. The monoisotopic (exact) mass is 438 g/mol. The highest BCUT2D eigenvalue weighted by molar-refractivity contribution is 6.35. The Morgan fingerprint density at radius 3 is 2.66 bits per heavy atom. The predicted octanol–water partition coefficient (Wildman–Crippen LogP) is 4.39.